The lowest BCUT2D eigenvalue weighted by molar-refractivity contribution is 0.514. The van der Waals surface area contributed by atoms with Crippen molar-refractivity contribution in [2.24, 2.45) is 0 Å². The van der Waals surface area contributed by atoms with Gasteiger partial charge in [-0.1, -0.05) is 12.1 Å². The summed E-state index contributed by atoms with van der Waals surface area (Å²) in [5.41, 5.74) is 0.938. The molecule has 0 spiro atoms. The molecular weight excluding hydrogens is 243 g/mol. The molecule has 1 aromatic heterocycles. The van der Waals surface area contributed by atoms with Crippen molar-refractivity contribution in [1.29, 1.82) is 0 Å². The van der Waals surface area contributed by atoms with Crippen LogP contribution in [0.3, 0.4) is 0 Å². The Hall–Kier alpha value is -1.75. The van der Waals surface area contributed by atoms with Crippen LogP contribution in [0.2, 0.25) is 0 Å². The number of nitrogens with one attached hydrogen (secondary N) is 1. The van der Waals surface area contributed by atoms with E-state index in [2.05, 4.69) is 27.0 Å². The number of aromatic nitrogens is 3. The highest BCUT2D eigenvalue weighted by Crippen LogP contribution is 2.19. The predicted molar refractivity (Wildman–Crippen MR) is 70.0 cm³/mol. The number of fused-ring (bicyclic) bond motifs is 1. The third-order valence-electron chi connectivity index (χ3n) is 3.53. The molecule has 1 aromatic carbocycles. The third-order valence-corrected chi connectivity index (χ3v) is 3.53. The third kappa shape index (κ3) is 2.51. The number of nitrogens with zero attached hydrogens (tertiary/aromatic N) is 3. The lowest BCUT2D eigenvalue weighted by Crippen LogP contribution is -2.21. The van der Waals surface area contributed by atoms with Gasteiger partial charge in [0.2, 0.25) is 0 Å². The zero-order valence-electron chi connectivity index (χ0n) is 10.9. The van der Waals surface area contributed by atoms with E-state index in [4.69, 9.17) is 0 Å². The quantitative estimate of drug-likeness (QED) is 0.916. The molecule has 0 saturated heterocycles. The molecule has 0 saturated carbocycles. The Bertz CT molecular complexity index is 579. The Kier molecular flexibility index (Phi) is 3.29. The summed E-state index contributed by atoms with van der Waals surface area (Å²) >= 11 is 0. The minimum absolute atomic E-state index is 0.114. The van der Waals surface area contributed by atoms with Gasteiger partial charge in [0.15, 0.2) is 0 Å². The molecule has 2 heterocycles. The summed E-state index contributed by atoms with van der Waals surface area (Å²) in [5.74, 6) is 1.86. The van der Waals surface area contributed by atoms with Gasteiger partial charge >= 0.3 is 0 Å². The van der Waals surface area contributed by atoms with Gasteiger partial charge < -0.3 is 9.88 Å². The molecule has 100 valence electrons. The first kappa shape index (κ1) is 12.3. The Morgan fingerprint density at radius 3 is 3.16 bits per heavy atom. The van der Waals surface area contributed by atoms with E-state index >= 15 is 0 Å². The Morgan fingerprint density at radius 2 is 2.32 bits per heavy atom. The molecule has 0 fully saturated rings. The molecule has 1 aliphatic heterocycles. The van der Waals surface area contributed by atoms with Crippen molar-refractivity contribution in [3.63, 3.8) is 0 Å². The highest BCUT2D eigenvalue weighted by molar-refractivity contribution is 5.16. The molecule has 3 rings (SSSR count). The first-order valence-electron chi connectivity index (χ1n) is 6.64. The van der Waals surface area contributed by atoms with E-state index in [1.165, 1.54) is 6.07 Å². The van der Waals surface area contributed by atoms with Gasteiger partial charge in [-0.05, 0) is 31.0 Å². The van der Waals surface area contributed by atoms with Crippen LogP contribution in [0, 0.1) is 5.82 Å². The number of aryl methyl sites for hydroxylation is 1. The van der Waals surface area contributed by atoms with Crippen LogP contribution in [0.4, 0.5) is 4.39 Å². The van der Waals surface area contributed by atoms with Gasteiger partial charge in [0.25, 0.3) is 0 Å². The number of halogens is 1. The van der Waals surface area contributed by atoms with Crippen LogP contribution >= 0.6 is 0 Å². The van der Waals surface area contributed by atoms with Crippen molar-refractivity contribution in [3.8, 4) is 0 Å². The summed E-state index contributed by atoms with van der Waals surface area (Å²) in [6, 6.07) is 6.76. The van der Waals surface area contributed by atoms with Crippen LogP contribution in [-0.2, 0) is 19.5 Å². The van der Waals surface area contributed by atoms with Crippen molar-refractivity contribution in [3.05, 3.63) is 47.3 Å². The van der Waals surface area contributed by atoms with Gasteiger partial charge in [0.1, 0.15) is 17.5 Å². The molecule has 0 radical (unpaired) electrons. The molecule has 2 aromatic rings. The van der Waals surface area contributed by atoms with Gasteiger partial charge in [0, 0.05) is 19.5 Å². The van der Waals surface area contributed by atoms with Crippen LogP contribution in [0.15, 0.2) is 24.3 Å². The molecule has 5 heteroatoms. The summed E-state index contributed by atoms with van der Waals surface area (Å²) in [6.07, 6.45) is 2.16. The lowest BCUT2D eigenvalue weighted by Gasteiger charge is -2.13. The molecule has 4 nitrogen and oxygen atoms in total. The number of rotatable bonds is 4. The first-order chi connectivity index (χ1) is 9.24. The predicted octanol–water partition coefficient (Wildman–Crippen LogP) is 2.21. The largest absolute Gasteiger partial charge is 0.314 e. The normalized spacial score (nSPS) is 15.5. The molecule has 1 atom stereocenters. The monoisotopic (exact) mass is 260 g/mol. The number of hydrogen-bond acceptors (Lipinski definition) is 3. The second-order valence-electron chi connectivity index (χ2n) is 4.96. The molecule has 19 heavy (non-hydrogen) atoms. The van der Waals surface area contributed by atoms with Crippen molar-refractivity contribution in [1.82, 2.24) is 20.1 Å². The van der Waals surface area contributed by atoms with E-state index in [0.717, 1.165) is 36.6 Å². The van der Waals surface area contributed by atoms with E-state index in [9.17, 15) is 4.39 Å². The zero-order valence-corrected chi connectivity index (χ0v) is 10.9. The Balaban J connectivity index is 1.66. The lowest BCUT2D eigenvalue weighted by atomic mass is 10.2. The van der Waals surface area contributed by atoms with Gasteiger partial charge in [-0.15, -0.1) is 10.2 Å². The molecule has 0 bridgehead atoms. The Labute approximate surface area is 111 Å². The van der Waals surface area contributed by atoms with E-state index in [-0.39, 0.29) is 11.9 Å². The number of hydrogen-bond donors (Lipinski definition) is 1. The molecular formula is C14H17FN4. The summed E-state index contributed by atoms with van der Waals surface area (Å²) in [4.78, 5) is 0. The number of benzene rings is 1. The van der Waals surface area contributed by atoms with Crippen LogP contribution in [0.25, 0.3) is 0 Å². The summed E-state index contributed by atoms with van der Waals surface area (Å²) in [6.45, 7) is 3.69. The highest BCUT2D eigenvalue weighted by Gasteiger charge is 2.20. The molecule has 1 aliphatic rings. The van der Waals surface area contributed by atoms with E-state index in [0.29, 0.717) is 6.54 Å². The maximum absolute atomic E-state index is 13.1. The maximum atomic E-state index is 13.1. The minimum atomic E-state index is -0.199. The minimum Gasteiger partial charge on any atom is -0.314 e. The van der Waals surface area contributed by atoms with Gasteiger partial charge in [-0.3, -0.25) is 0 Å². The molecule has 1 unspecified atom stereocenters. The second kappa shape index (κ2) is 5.09. The van der Waals surface area contributed by atoms with Gasteiger partial charge in [-0.2, -0.15) is 0 Å². The fourth-order valence-electron chi connectivity index (χ4n) is 2.50. The summed E-state index contributed by atoms with van der Waals surface area (Å²) < 4.78 is 15.3. The topological polar surface area (TPSA) is 42.7 Å². The van der Waals surface area contributed by atoms with Crippen LogP contribution in [0.5, 0.6) is 0 Å². The smallest absolute Gasteiger partial charge is 0.149 e. The van der Waals surface area contributed by atoms with E-state index in [1.807, 2.05) is 6.07 Å². The first-order valence-corrected chi connectivity index (χ1v) is 6.64. The molecule has 0 aliphatic carbocycles. The summed E-state index contributed by atoms with van der Waals surface area (Å²) in [5, 5.41) is 11.8. The van der Waals surface area contributed by atoms with E-state index in [1.54, 1.807) is 12.1 Å². The van der Waals surface area contributed by atoms with Gasteiger partial charge in [-0.25, -0.2) is 4.39 Å². The van der Waals surface area contributed by atoms with Crippen molar-refractivity contribution < 1.29 is 4.39 Å². The second-order valence-corrected chi connectivity index (χ2v) is 4.96. The van der Waals surface area contributed by atoms with Crippen molar-refractivity contribution in [2.75, 3.05) is 0 Å². The maximum Gasteiger partial charge on any atom is 0.149 e. The van der Waals surface area contributed by atoms with Gasteiger partial charge in [0.05, 0.1) is 6.04 Å². The van der Waals surface area contributed by atoms with Crippen molar-refractivity contribution in [2.45, 2.75) is 38.9 Å². The molecule has 0 amide bonds. The highest BCUT2D eigenvalue weighted by atomic mass is 19.1. The fourth-order valence-corrected chi connectivity index (χ4v) is 2.50. The van der Waals surface area contributed by atoms with Crippen LogP contribution < -0.4 is 5.32 Å². The average Bonchev–Trinajstić information content (AvgIpc) is 2.98. The summed E-state index contributed by atoms with van der Waals surface area (Å²) in [7, 11) is 0. The van der Waals surface area contributed by atoms with Crippen LogP contribution in [0.1, 0.15) is 36.6 Å². The SMILES string of the molecule is CC(NCc1cccc(F)c1)c1nnc2n1CCC2. The van der Waals surface area contributed by atoms with E-state index < -0.39 is 0 Å². The zero-order chi connectivity index (χ0) is 13.2. The van der Waals surface area contributed by atoms with Crippen LogP contribution in [-0.4, -0.2) is 14.8 Å². The fraction of sp³-hybridized carbons (Fsp3) is 0.429. The Morgan fingerprint density at radius 1 is 1.42 bits per heavy atom. The van der Waals surface area contributed by atoms with Crippen molar-refractivity contribution >= 4 is 0 Å². The standard InChI is InChI=1S/C14H17FN4/c1-10(14-18-17-13-6-3-7-19(13)14)16-9-11-4-2-5-12(15)8-11/h2,4-5,8,10,16H,3,6-7,9H2,1H3. The molecule has 1 N–H and O–H groups in total. The average molecular weight is 260 g/mol.